The van der Waals surface area contributed by atoms with Gasteiger partial charge in [-0.3, -0.25) is 19.3 Å². The number of benzene rings is 3. The number of carbonyl (C=O) groups excluding carboxylic acids is 4. The van der Waals surface area contributed by atoms with Crippen LogP contribution in [0, 0.1) is 5.92 Å². The molecule has 0 unspecified atom stereocenters. The number of rotatable bonds is 9. The van der Waals surface area contributed by atoms with Crippen molar-refractivity contribution in [1.82, 2.24) is 14.7 Å². The molecule has 1 fully saturated rings. The summed E-state index contributed by atoms with van der Waals surface area (Å²) in [6.07, 6.45) is -4.54. The second-order valence-electron chi connectivity index (χ2n) is 14.8. The molecule has 12 heteroatoms. The Bertz CT molecular complexity index is 1740. The molecule has 3 aromatic rings. The van der Waals surface area contributed by atoms with Crippen LogP contribution in [-0.4, -0.2) is 90.1 Å². The number of ether oxygens (including phenoxy) is 2. The maximum absolute atomic E-state index is 14.4. The fourth-order valence-electron chi connectivity index (χ4n) is 7.00. The molecule has 1 aliphatic heterocycles. The third-order valence-corrected chi connectivity index (χ3v) is 9.68. The molecule has 1 aliphatic carbocycles. The van der Waals surface area contributed by atoms with Crippen molar-refractivity contribution >= 4 is 23.9 Å². The van der Waals surface area contributed by atoms with Gasteiger partial charge in [0.05, 0.1) is 5.56 Å². The third kappa shape index (κ3) is 8.77. The van der Waals surface area contributed by atoms with Crippen LogP contribution in [-0.2, 0) is 36.5 Å². The Morgan fingerprint density at radius 2 is 1.48 bits per heavy atom. The second kappa shape index (κ2) is 15.4. The number of halogens is 3. The Kier molecular flexibility index (Phi) is 11.4. The first-order chi connectivity index (χ1) is 24.4. The summed E-state index contributed by atoms with van der Waals surface area (Å²) in [7, 11) is 2.91. The van der Waals surface area contributed by atoms with Gasteiger partial charge >= 0.3 is 18.2 Å². The topological polar surface area (TPSA) is 96.5 Å². The maximum Gasteiger partial charge on any atom is 0.416 e. The van der Waals surface area contributed by atoms with E-state index in [-0.39, 0.29) is 31.4 Å². The fourth-order valence-corrected chi connectivity index (χ4v) is 7.00. The largest absolute Gasteiger partial charge is 0.459 e. The smallest absolute Gasteiger partial charge is 0.416 e. The summed E-state index contributed by atoms with van der Waals surface area (Å²) in [5, 5.41) is 0. The Balaban J connectivity index is 1.38. The van der Waals surface area contributed by atoms with E-state index in [2.05, 4.69) is 0 Å². The monoisotopic (exact) mass is 721 g/mol. The van der Waals surface area contributed by atoms with Crippen LogP contribution in [0.2, 0.25) is 0 Å². The molecule has 0 saturated carbocycles. The van der Waals surface area contributed by atoms with E-state index in [1.807, 2.05) is 55.5 Å². The van der Waals surface area contributed by atoms with Gasteiger partial charge in [-0.25, -0.2) is 4.79 Å². The first kappa shape index (κ1) is 38.4. The highest BCUT2D eigenvalue weighted by Gasteiger charge is 2.42. The Morgan fingerprint density at radius 3 is 2.04 bits per heavy atom. The van der Waals surface area contributed by atoms with Crippen LogP contribution in [0.25, 0.3) is 11.1 Å². The van der Waals surface area contributed by atoms with Crippen LogP contribution >= 0.6 is 0 Å². The van der Waals surface area contributed by atoms with Gasteiger partial charge in [0.25, 0.3) is 0 Å². The summed E-state index contributed by atoms with van der Waals surface area (Å²) in [4.78, 5) is 58.7. The number of amides is 3. The number of carbonyl (C=O) groups is 4. The van der Waals surface area contributed by atoms with Crippen molar-refractivity contribution in [3.63, 3.8) is 0 Å². The summed E-state index contributed by atoms with van der Waals surface area (Å²) in [6.45, 7) is 6.87. The van der Waals surface area contributed by atoms with E-state index < -0.39 is 59.8 Å². The van der Waals surface area contributed by atoms with Gasteiger partial charge in [0.15, 0.2) is 0 Å². The number of hydrogen-bond donors (Lipinski definition) is 0. The van der Waals surface area contributed by atoms with Crippen molar-refractivity contribution in [2.24, 2.45) is 5.92 Å². The van der Waals surface area contributed by atoms with Crippen molar-refractivity contribution < 1.29 is 41.8 Å². The molecule has 3 amide bonds. The molecule has 3 atom stereocenters. The van der Waals surface area contributed by atoms with Crippen molar-refractivity contribution in [3.8, 4) is 11.1 Å². The van der Waals surface area contributed by atoms with Gasteiger partial charge in [-0.15, -0.1) is 0 Å². The van der Waals surface area contributed by atoms with Crippen LogP contribution < -0.4 is 0 Å². The van der Waals surface area contributed by atoms with E-state index in [9.17, 15) is 32.3 Å². The molecular formula is C40H46F3N3O6. The van der Waals surface area contributed by atoms with Crippen molar-refractivity contribution in [2.45, 2.75) is 76.7 Å². The minimum Gasteiger partial charge on any atom is -0.459 e. The first-order valence-corrected chi connectivity index (χ1v) is 17.5. The van der Waals surface area contributed by atoms with Crippen molar-refractivity contribution in [1.29, 1.82) is 0 Å². The number of likely N-dealkylation sites (tertiary alicyclic amines) is 1. The standard InChI is InChI=1S/C40H46F3N3O6/c1-25-19-20-46(34(22-26-15-17-27(18-16-26)40(41,42)43)36(48)44(5)23-35(47)52-39(2,3)4)37(49)33(21-25)45(6)38(50)51-24-32-30-13-9-7-11-28(30)29-12-8-10-14-31(29)32/h7-18,25,32-34H,19-24H2,1-6H3/t25-,33-,34-/m0/s1. The van der Waals surface area contributed by atoms with Crippen LogP contribution in [0.4, 0.5) is 18.0 Å². The molecule has 9 nitrogen and oxygen atoms in total. The highest BCUT2D eigenvalue weighted by Crippen LogP contribution is 2.44. The van der Waals surface area contributed by atoms with E-state index in [0.717, 1.165) is 39.3 Å². The molecular weight excluding hydrogens is 675 g/mol. The van der Waals surface area contributed by atoms with E-state index in [4.69, 9.17) is 9.47 Å². The van der Waals surface area contributed by atoms with Crippen LogP contribution in [0.5, 0.6) is 0 Å². The van der Waals surface area contributed by atoms with Crippen LogP contribution in [0.15, 0.2) is 72.8 Å². The van der Waals surface area contributed by atoms with Crippen LogP contribution in [0.1, 0.15) is 68.7 Å². The van der Waals surface area contributed by atoms with E-state index in [1.54, 1.807) is 20.8 Å². The average molecular weight is 722 g/mol. The van der Waals surface area contributed by atoms with Gasteiger partial charge < -0.3 is 19.3 Å². The Morgan fingerprint density at radius 1 is 0.904 bits per heavy atom. The summed E-state index contributed by atoms with van der Waals surface area (Å²) < 4.78 is 51.3. The van der Waals surface area contributed by atoms with Gasteiger partial charge in [0, 0.05) is 33.0 Å². The highest BCUT2D eigenvalue weighted by molar-refractivity contribution is 5.93. The summed E-state index contributed by atoms with van der Waals surface area (Å²) >= 11 is 0. The zero-order valence-electron chi connectivity index (χ0n) is 30.4. The number of fused-ring (bicyclic) bond motifs is 3. The third-order valence-electron chi connectivity index (χ3n) is 9.68. The normalized spacial score (nSPS) is 18.2. The SMILES string of the molecule is C[C@H]1CCN([C@@H](Cc2ccc(C(F)(F)F)cc2)C(=O)N(C)CC(=O)OC(C)(C)C)C(=O)[C@@H](N(C)C(=O)OCC2c3ccccc3-c3ccccc32)C1. The molecule has 2 aliphatic rings. The zero-order valence-corrected chi connectivity index (χ0v) is 30.4. The zero-order chi connectivity index (χ0) is 38.0. The lowest BCUT2D eigenvalue weighted by Gasteiger charge is -2.36. The van der Waals surface area contributed by atoms with Crippen LogP contribution in [0.3, 0.4) is 0 Å². The molecule has 3 aromatic carbocycles. The van der Waals surface area contributed by atoms with E-state index in [0.29, 0.717) is 18.4 Å². The van der Waals surface area contributed by atoms with Gasteiger partial charge in [0.1, 0.15) is 30.8 Å². The molecule has 278 valence electrons. The van der Waals surface area contributed by atoms with Crippen molar-refractivity contribution in [2.75, 3.05) is 33.8 Å². The van der Waals surface area contributed by atoms with E-state index >= 15 is 0 Å². The van der Waals surface area contributed by atoms with Gasteiger partial charge in [-0.05, 0) is 79.5 Å². The lowest BCUT2D eigenvalue weighted by atomic mass is 9.98. The van der Waals surface area contributed by atoms with Crippen molar-refractivity contribution in [3.05, 3.63) is 95.1 Å². The quantitative estimate of drug-likeness (QED) is 0.223. The average Bonchev–Trinajstić information content (AvgIpc) is 3.32. The first-order valence-electron chi connectivity index (χ1n) is 17.5. The second-order valence-corrected chi connectivity index (χ2v) is 14.8. The number of esters is 1. The Hall–Kier alpha value is -4.87. The predicted octanol–water partition coefficient (Wildman–Crippen LogP) is 6.92. The minimum absolute atomic E-state index is 0.0240. The summed E-state index contributed by atoms with van der Waals surface area (Å²) in [6, 6.07) is 18.2. The van der Waals surface area contributed by atoms with Gasteiger partial charge in [-0.1, -0.05) is 67.6 Å². The molecule has 1 heterocycles. The number of hydrogen-bond acceptors (Lipinski definition) is 6. The summed E-state index contributed by atoms with van der Waals surface area (Å²) in [5.74, 6) is -1.94. The molecule has 0 bridgehead atoms. The molecule has 5 rings (SSSR count). The molecule has 0 radical (unpaired) electrons. The molecule has 0 aromatic heterocycles. The number of nitrogens with zero attached hydrogens (tertiary/aromatic N) is 3. The molecule has 0 spiro atoms. The number of alkyl halides is 3. The maximum atomic E-state index is 14.4. The van der Waals surface area contributed by atoms with E-state index in [1.165, 1.54) is 36.0 Å². The fraction of sp³-hybridized carbons (Fsp3) is 0.450. The lowest BCUT2D eigenvalue weighted by molar-refractivity contribution is -0.159. The predicted molar refractivity (Wildman–Crippen MR) is 189 cm³/mol. The minimum atomic E-state index is -4.55. The summed E-state index contributed by atoms with van der Waals surface area (Å²) in [5.41, 5.74) is 3.00. The van der Waals surface area contributed by atoms with Gasteiger partial charge in [0.2, 0.25) is 11.8 Å². The highest BCUT2D eigenvalue weighted by atomic mass is 19.4. The molecule has 0 N–H and O–H groups in total. The molecule has 1 saturated heterocycles. The Labute approximate surface area is 302 Å². The number of likely N-dealkylation sites (N-methyl/N-ethyl adjacent to an activating group) is 2. The van der Waals surface area contributed by atoms with Gasteiger partial charge in [-0.2, -0.15) is 13.2 Å². The lowest BCUT2D eigenvalue weighted by Crippen LogP contribution is -2.56. The molecule has 52 heavy (non-hydrogen) atoms.